The Kier molecular flexibility index (Phi) is 6.62. The van der Waals surface area contributed by atoms with Crippen molar-refractivity contribution in [2.75, 3.05) is 39.3 Å². The number of aryl methyl sites for hydroxylation is 1. The second kappa shape index (κ2) is 10.0. The molecule has 0 amide bonds. The zero-order valence-electron chi connectivity index (χ0n) is 21.6. The van der Waals surface area contributed by atoms with Crippen molar-refractivity contribution in [3.63, 3.8) is 0 Å². The van der Waals surface area contributed by atoms with Crippen LogP contribution in [0.3, 0.4) is 0 Å². The van der Waals surface area contributed by atoms with Crippen LogP contribution in [-0.4, -0.2) is 84.5 Å². The van der Waals surface area contributed by atoms with E-state index >= 15 is 0 Å². The van der Waals surface area contributed by atoms with E-state index in [0.29, 0.717) is 6.04 Å². The van der Waals surface area contributed by atoms with Crippen LogP contribution in [0.4, 0.5) is 0 Å². The molecule has 3 aliphatic rings. The van der Waals surface area contributed by atoms with Crippen LogP contribution in [0.15, 0.2) is 42.7 Å². The van der Waals surface area contributed by atoms with Gasteiger partial charge >= 0.3 is 0 Å². The molecule has 2 aromatic heterocycles. The maximum absolute atomic E-state index is 4.85. The summed E-state index contributed by atoms with van der Waals surface area (Å²) in [5, 5.41) is 17.4. The van der Waals surface area contributed by atoms with Crippen molar-refractivity contribution in [3.05, 3.63) is 59.9 Å². The van der Waals surface area contributed by atoms with E-state index in [0.717, 1.165) is 68.2 Å². The Morgan fingerprint density at radius 3 is 2.58 bits per heavy atom. The summed E-state index contributed by atoms with van der Waals surface area (Å²) in [6, 6.07) is 11.4. The van der Waals surface area contributed by atoms with E-state index < -0.39 is 0 Å². The molecule has 3 fully saturated rings. The maximum Gasteiger partial charge on any atom is 0.212 e. The smallest absolute Gasteiger partial charge is 0.212 e. The highest BCUT2D eigenvalue weighted by atomic mass is 15.6. The van der Waals surface area contributed by atoms with Gasteiger partial charge < -0.3 is 14.4 Å². The van der Waals surface area contributed by atoms with E-state index in [1.807, 2.05) is 12.4 Å². The molecule has 1 N–H and O–H groups in total. The molecule has 9 heteroatoms. The topological polar surface area (TPSA) is 76.7 Å². The number of piperidine rings is 1. The Bertz CT molecular complexity index is 1120. The average Bonchev–Trinajstić information content (AvgIpc) is 3.42. The van der Waals surface area contributed by atoms with E-state index in [-0.39, 0.29) is 5.54 Å². The summed E-state index contributed by atoms with van der Waals surface area (Å²) in [6.45, 7) is 8.30. The van der Waals surface area contributed by atoms with Crippen molar-refractivity contribution in [2.45, 2.75) is 63.2 Å². The van der Waals surface area contributed by atoms with Gasteiger partial charge in [-0.15, -0.1) is 5.10 Å². The molecule has 4 heterocycles. The molecule has 0 spiro atoms. The fourth-order valence-corrected chi connectivity index (χ4v) is 7.12. The first-order valence-corrected chi connectivity index (χ1v) is 13.8. The molecule has 9 nitrogen and oxygen atoms in total. The molecule has 3 aromatic rings. The lowest BCUT2D eigenvalue weighted by Crippen LogP contribution is -2.72. The molecule has 2 aliphatic heterocycles. The monoisotopic (exact) mass is 490 g/mol. The van der Waals surface area contributed by atoms with Crippen molar-refractivity contribution in [1.29, 1.82) is 0 Å². The summed E-state index contributed by atoms with van der Waals surface area (Å²) in [5.41, 5.74) is 1.19. The molecule has 1 aliphatic carbocycles. The number of aromatic nitrogens is 6. The molecule has 1 unspecified atom stereocenters. The van der Waals surface area contributed by atoms with Gasteiger partial charge in [0.05, 0.1) is 32.2 Å². The van der Waals surface area contributed by atoms with Gasteiger partial charge in [0.25, 0.3) is 0 Å². The van der Waals surface area contributed by atoms with Gasteiger partial charge in [0.15, 0.2) is 5.54 Å². The van der Waals surface area contributed by atoms with Gasteiger partial charge in [0.1, 0.15) is 5.82 Å². The number of quaternary nitrogens is 1. The number of imidazole rings is 1. The van der Waals surface area contributed by atoms with Gasteiger partial charge in [-0.2, -0.15) is 0 Å². The number of benzene rings is 1. The summed E-state index contributed by atoms with van der Waals surface area (Å²) >= 11 is 0. The number of likely N-dealkylation sites (tertiary alicyclic amines) is 1. The van der Waals surface area contributed by atoms with Crippen LogP contribution in [0.2, 0.25) is 0 Å². The first kappa shape index (κ1) is 23.8. The molecule has 6 rings (SSSR count). The van der Waals surface area contributed by atoms with Crippen molar-refractivity contribution in [3.8, 4) is 0 Å². The van der Waals surface area contributed by atoms with Crippen LogP contribution in [0, 0.1) is 0 Å². The van der Waals surface area contributed by atoms with Crippen LogP contribution < -0.4 is 5.32 Å². The Balaban J connectivity index is 1.37. The van der Waals surface area contributed by atoms with Gasteiger partial charge in [0.2, 0.25) is 5.82 Å². The molecule has 1 aromatic carbocycles. The number of tetrazole rings is 1. The van der Waals surface area contributed by atoms with Crippen LogP contribution in [-0.2, 0) is 25.7 Å². The van der Waals surface area contributed by atoms with Crippen molar-refractivity contribution in [1.82, 2.24) is 40.0 Å². The predicted octanol–water partition coefficient (Wildman–Crippen LogP) is 2.31. The minimum absolute atomic E-state index is 0.0620. The third kappa shape index (κ3) is 4.17. The second-order valence-corrected chi connectivity index (χ2v) is 11.1. The summed E-state index contributed by atoms with van der Waals surface area (Å²) in [5.74, 6) is 2.25. The molecule has 0 bridgehead atoms. The Hall–Kier alpha value is -2.62. The van der Waals surface area contributed by atoms with Gasteiger partial charge in [0, 0.05) is 64.9 Å². The second-order valence-electron chi connectivity index (χ2n) is 11.1. The lowest BCUT2D eigenvalue weighted by Gasteiger charge is -2.60. The fraction of sp³-hybridized carbons (Fsp3) is 0.630. The number of nitrogens with zero attached hydrogens (tertiary/aromatic N) is 8. The Morgan fingerprint density at radius 1 is 1.03 bits per heavy atom. The fourth-order valence-electron chi connectivity index (χ4n) is 7.12. The highest BCUT2D eigenvalue weighted by molar-refractivity contribution is 5.16. The van der Waals surface area contributed by atoms with Gasteiger partial charge in [-0.1, -0.05) is 30.3 Å². The lowest BCUT2D eigenvalue weighted by molar-refractivity contribution is -1.01. The van der Waals surface area contributed by atoms with Crippen molar-refractivity contribution < 1.29 is 4.48 Å². The quantitative estimate of drug-likeness (QED) is 0.512. The van der Waals surface area contributed by atoms with Crippen LogP contribution in [0.25, 0.3) is 0 Å². The van der Waals surface area contributed by atoms with E-state index in [2.05, 4.69) is 72.3 Å². The highest BCUT2D eigenvalue weighted by Crippen LogP contribution is 2.49. The van der Waals surface area contributed by atoms with E-state index in [1.54, 1.807) is 0 Å². The molecule has 1 atom stereocenters. The first-order chi connectivity index (χ1) is 17.7. The average molecular weight is 491 g/mol. The Morgan fingerprint density at radius 2 is 1.86 bits per heavy atom. The minimum atomic E-state index is -0.0620. The van der Waals surface area contributed by atoms with E-state index in [4.69, 9.17) is 5.10 Å². The largest absolute Gasteiger partial charge is 0.337 e. The molecule has 0 radical (unpaired) electrons. The predicted molar refractivity (Wildman–Crippen MR) is 138 cm³/mol. The summed E-state index contributed by atoms with van der Waals surface area (Å²) < 4.78 is 5.43. The number of nitrogens with one attached hydrogen (secondary N) is 1. The third-order valence-electron chi connectivity index (χ3n) is 9.32. The molecule has 36 heavy (non-hydrogen) atoms. The molecular weight excluding hydrogens is 450 g/mol. The zero-order chi connectivity index (χ0) is 24.4. The highest BCUT2D eigenvalue weighted by Gasteiger charge is 2.60. The SMILES string of the molecule is Cn1ccnc1CN1CCC(c2nnnn2Cc2ccccc2)([N+]2(C3CCC3)CCCNCC2)CC1. The van der Waals surface area contributed by atoms with Crippen molar-refractivity contribution in [2.24, 2.45) is 7.05 Å². The Labute approximate surface area is 214 Å². The van der Waals surface area contributed by atoms with Gasteiger partial charge in [-0.25, -0.2) is 9.67 Å². The first-order valence-electron chi connectivity index (χ1n) is 13.8. The normalized spacial score (nSPS) is 25.4. The van der Waals surface area contributed by atoms with Crippen LogP contribution >= 0.6 is 0 Å². The minimum Gasteiger partial charge on any atom is -0.337 e. The van der Waals surface area contributed by atoms with E-state index in [1.165, 1.54) is 44.3 Å². The van der Waals surface area contributed by atoms with Gasteiger partial charge in [-0.05, 0) is 35.3 Å². The summed E-state index contributed by atoms with van der Waals surface area (Å²) in [7, 11) is 2.09. The molecule has 1 saturated carbocycles. The summed E-state index contributed by atoms with van der Waals surface area (Å²) in [4.78, 5) is 7.18. The standard InChI is InChI=1S/C27H40N9/c1-33-18-14-29-25(33)22-34-16-11-27(12-17-34,36(24-9-5-10-24)19-6-13-28-15-20-36)26-30-31-32-35(26)21-23-7-3-2-4-8-23/h2-4,7-8,14,18,24,28H,5-6,9-13,15-17,19-22H2,1H3/q+1. The molecule has 192 valence electrons. The molecule has 2 saturated heterocycles. The third-order valence-corrected chi connectivity index (χ3v) is 9.32. The number of hydrogen-bond acceptors (Lipinski definition) is 6. The van der Waals surface area contributed by atoms with Crippen LogP contribution in [0.5, 0.6) is 0 Å². The van der Waals surface area contributed by atoms with Gasteiger partial charge in [-0.3, -0.25) is 4.90 Å². The molecular formula is C27H40N9+. The summed E-state index contributed by atoms with van der Waals surface area (Å²) in [6.07, 6.45) is 11.4. The number of rotatable bonds is 7. The van der Waals surface area contributed by atoms with E-state index in [9.17, 15) is 0 Å². The maximum atomic E-state index is 4.85. The van der Waals surface area contributed by atoms with Crippen molar-refractivity contribution >= 4 is 0 Å². The lowest BCUT2D eigenvalue weighted by atomic mass is 9.76. The van der Waals surface area contributed by atoms with Crippen LogP contribution in [0.1, 0.15) is 55.7 Å². The zero-order valence-corrected chi connectivity index (χ0v) is 21.6. The number of hydrogen-bond donors (Lipinski definition) is 1.